The van der Waals surface area contributed by atoms with Crippen molar-refractivity contribution >= 4 is 34.4 Å². The number of carbonyl (C=O) groups excluding carboxylic acids is 1. The minimum absolute atomic E-state index is 0.00768. The molecule has 0 spiro atoms. The monoisotopic (exact) mass is 476 g/mol. The molecule has 12 heteroatoms. The Kier molecular flexibility index (Phi) is 6.30. The lowest BCUT2D eigenvalue weighted by Crippen LogP contribution is -2.22. The molecule has 0 atom stereocenters. The number of carbonyl (C=O) groups is 1. The van der Waals surface area contributed by atoms with Crippen LogP contribution >= 0.6 is 0 Å². The number of halogens is 5. The number of anilines is 3. The summed E-state index contributed by atoms with van der Waals surface area (Å²) in [6, 6.07) is 11.1. The summed E-state index contributed by atoms with van der Waals surface area (Å²) in [4.78, 5) is 23.5. The van der Waals surface area contributed by atoms with Gasteiger partial charge in [-0.05, 0) is 48.0 Å². The Bertz CT molecular complexity index is 1320. The first kappa shape index (κ1) is 23.0. The molecule has 0 saturated heterocycles. The summed E-state index contributed by atoms with van der Waals surface area (Å²) >= 11 is 0. The molecule has 2 heterocycles. The molecule has 7 nitrogen and oxygen atoms in total. The fourth-order valence-electron chi connectivity index (χ4n) is 3.08. The van der Waals surface area contributed by atoms with Crippen LogP contribution in [0.5, 0.6) is 0 Å². The fourth-order valence-corrected chi connectivity index (χ4v) is 3.08. The summed E-state index contributed by atoms with van der Waals surface area (Å²) in [7, 11) is 0. The average Bonchev–Trinajstić information content (AvgIpc) is 3.27. The van der Waals surface area contributed by atoms with E-state index in [4.69, 9.17) is 0 Å². The molecule has 0 radical (unpaired) electrons. The van der Waals surface area contributed by atoms with Crippen LogP contribution in [0.15, 0.2) is 54.7 Å². The fraction of sp³-hybridized carbons (Fsp3) is 0.136. The zero-order valence-corrected chi connectivity index (χ0v) is 17.3. The highest BCUT2D eigenvalue weighted by molar-refractivity contribution is 5.94. The van der Waals surface area contributed by atoms with E-state index in [-0.39, 0.29) is 18.3 Å². The third-order valence-corrected chi connectivity index (χ3v) is 4.71. The molecule has 2 aromatic carbocycles. The van der Waals surface area contributed by atoms with Gasteiger partial charge < -0.3 is 20.9 Å². The number of aromatic amines is 1. The summed E-state index contributed by atoms with van der Waals surface area (Å²) in [6.45, 7) is -1.24. The number of H-pyrrole nitrogens is 1. The molecule has 0 aliphatic carbocycles. The van der Waals surface area contributed by atoms with E-state index in [1.807, 2.05) is 0 Å². The number of fused-ring (bicyclic) bond motifs is 1. The molecule has 0 aliphatic heterocycles. The third-order valence-electron chi connectivity index (χ3n) is 4.71. The van der Waals surface area contributed by atoms with Crippen molar-refractivity contribution in [1.29, 1.82) is 0 Å². The van der Waals surface area contributed by atoms with E-state index in [2.05, 4.69) is 30.9 Å². The van der Waals surface area contributed by atoms with Gasteiger partial charge in [0.05, 0.1) is 5.39 Å². The molecule has 1 amide bonds. The second-order valence-electron chi connectivity index (χ2n) is 7.24. The van der Waals surface area contributed by atoms with Crippen molar-refractivity contribution < 1.29 is 26.7 Å². The molecule has 0 aliphatic rings. The maximum atomic E-state index is 13.3. The summed E-state index contributed by atoms with van der Waals surface area (Å²) in [5, 5.41) is 8.16. The molecule has 0 bridgehead atoms. The minimum atomic E-state index is -4.41. The zero-order valence-electron chi connectivity index (χ0n) is 17.3. The van der Waals surface area contributed by atoms with E-state index < -0.39 is 30.3 Å². The lowest BCUT2D eigenvalue weighted by Gasteiger charge is -2.12. The molecule has 34 heavy (non-hydrogen) atoms. The van der Waals surface area contributed by atoms with E-state index in [0.717, 1.165) is 12.1 Å². The highest BCUT2D eigenvalue weighted by Crippen LogP contribution is 2.25. The normalized spacial score (nSPS) is 11.4. The lowest BCUT2D eigenvalue weighted by atomic mass is 10.1. The van der Waals surface area contributed by atoms with Crippen LogP contribution in [0.1, 0.15) is 15.9 Å². The Hall–Kier alpha value is -4.22. The molecule has 0 fully saturated rings. The number of alkyl halides is 3. The lowest BCUT2D eigenvalue weighted by molar-refractivity contribution is -0.115. The van der Waals surface area contributed by atoms with Crippen molar-refractivity contribution in [2.75, 3.05) is 17.2 Å². The maximum absolute atomic E-state index is 13.3. The first-order valence-electron chi connectivity index (χ1n) is 9.93. The van der Waals surface area contributed by atoms with Crippen LogP contribution in [0.3, 0.4) is 0 Å². The maximum Gasteiger partial charge on any atom is 0.405 e. The quantitative estimate of drug-likeness (QED) is 0.285. The Labute approximate surface area is 189 Å². The van der Waals surface area contributed by atoms with Crippen molar-refractivity contribution in [2.45, 2.75) is 12.7 Å². The van der Waals surface area contributed by atoms with Gasteiger partial charge in [-0.1, -0.05) is 6.07 Å². The molecule has 176 valence electrons. The van der Waals surface area contributed by atoms with E-state index >= 15 is 0 Å². The molecule has 4 N–H and O–H groups in total. The largest absolute Gasteiger partial charge is 0.405 e. The predicted octanol–water partition coefficient (Wildman–Crippen LogP) is 4.88. The van der Waals surface area contributed by atoms with Gasteiger partial charge in [0.2, 0.25) is 5.95 Å². The Balaban J connectivity index is 1.43. The number of benzene rings is 2. The van der Waals surface area contributed by atoms with Gasteiger partial charge in [-0.25, -0.2) is 8.78 Å². The zero-order chi connectivity index (χ0) is 24.3. The van der Waals surface area contributed by atoms with Crippen LogP contribution in [-0.2, 0) is 6.54 Å². The van der Waals surface area contributed by atoms with Gasteiger partial charge in [-0.15, -0.1) is 0 Å². The van der Waals surface area contributed by atoms with Crippen LogP contribution < -0.4 is 16.0 Å². The van der Waals surface area contributed by atoms with Gasteiger partial charge in [0, 0.05) is 24.0 Å². The van der Waals surface area contributed by atoms with Gasteiger partial charge in [-0.2, -0.15) is 23.1 Å². The second kappa shape index (κ2) is 9.33. The molecule has 0 saturated carbocycles. The number of hydrogen-bond donors (Lipinski definition) is 4. The van der Waals surface area contributed by atoms with E-state index in [1.165, 1.54) is 24.4 Å². The standard InChI is InChI=1S/C22H17F5N6O/c23-16-6-1-12(9-17(16)24)10-29-20(34)13-2-4-14(5-3-13)31-21-32-18-15(7-8-28-18)19(33-21)30-11-22(25,26)27/h1-9H,10-11H2,(H,29,34)(H3,28,30,31,32,33). The number of nitrogens with zero attached hydrogens (tertiary/aromatic N) is 2. The molecule has 0 unspecified atom stereocenters. The predicted molar refractivity (Wildman–Crippen MR) is 116 cm³/mol. The Morgan fingerprint density at radius 1 is 0.971 bits per heavy atom. The number of hydrogen-bond acceptors (Lipinski definition) is 5. The molecular weight excluding hydrogens is 459 g/mol. The van der Waals surface area contributed by atoms with Gasteiger partial charge in [-0.3, -0.25) is 4.79 Å². The summed E-state index contributed by atoms with van der Waals surface area (Å²) in [6.07, 6.45) is -2.88. The van der Waals surface area contributed by atoms with Crippen LogP contribution in [0.4, 0.5) is 39.4 Å². The van der Waals surface area contributed by atoms with E-state index in [1.54, 1.807) is 18.2 Å². The average molecular weight is 476 g/mol. The van der Waals surface area contributed by atoms with Crippen molar-refractivity contribution in [3.05, 3.63) is 77.5 Å². The second-order valence-corrected chi connectivity index (χ2v) is 7.24. The summed E-state index contributed by atoms with van der Waals surface area (Å²) in [5.41, 5.74) is 1.54. The minimum Gasteiger partial charge on any atom is -0.360 e. The SMILES string of the molecule is O=C(NCc1ccc(F)c(F)c1)c1ccc(Nc2nc(NCC(F)(F)F)c3cc[nH]c3n2)cc1. The van der Waals surface area contributed by atoms with Gasteiger partial charge in [0.15, 0.2) is 11.6 Å². The molecule has 2 aromatic heterocycles. The number of nitrogens with one attached hydrogen (secondary N) is 4. The number of amides is 1. The highest BCUT2D eigenvalue weighted by atomic mass is 19.4. The van der Waals surface area contributed by atoms with Crippen molar-refractivity contribution in [3.8, 4) is 0 Å². The topological polar surface area (TPSA) is 94.7 Å². The van der Waals surface area contributed by atoms with Crippen LogP contribution in [-0.4, -0.2) is 33.6 Å². The Morgan fingerprint density at radius 2 is 1.74 bits per heavy atom. The third kappa shape index (κ3) is 5.57. The van der Waals surface area contributed by atoms with Crippen molar-refractivity contribution in [2.24, 2.45) is 0 Å². The van der Waals surface area contributed by atoms with Gasteiger partial charge in [0.25, 0.3) is 5.91 Å². The molecule has 4 aromatic rings. The van der Waals surface area contributed by atoms with E-state index in [0.29, 0.717) is 27.8 Å². The smallest absolute Gasteiger partial charge is 0.360 e. The van der Waals surface area contributed by atoms with Crippen molar-refractivity contribution in [1.82, 2.24) is 20.3 Å². The van der Waals surface area contributed by atoms with E-state index in [9.17, 15) is 26.7 Å². The molecule has 4 rings (SSSR count). The first-order valence-corrected chi connectivity index (χ1v) is 9.93. The van der Waals surface area contributed by atoms with Crippen LogP contribution in [0.2, 0.25) is 0 Å². The number of aromatic nitrogens is 3. The number of rotatable bonds is 7. The summed E-state index contributed by atoms with van der Waals surface area (Å²) in [5.74, 6) is -2.34. The van der Waals surface area contributed by atoms with Gasteiger partial charge >= 0.3 is 6.18 Å². The summed E-state index contributed by atoms with van der Waals surface area (Å²) < 4.78 is 64.1. The van der Waals surface area contributed by atoms with Gasteiger partial charge in [0.1, 0.15) is 18.0 Å². The first-order chi connectivity index (χ1) is 16.2. The highest BCUT2D eigenvalue weighted by Gasteiger charge is 2.27. The molecular formula is C22H17F5N6O. The van der Waals surface area contributed by atoms with Crippen molar-refractivity contribution in [3.63, 3.8) is 0 Å². The Morgan fingerprint density at radius 3 is 2.44 bits per heavy atom. The van der Waals surface area contributed by atoms with Crippen LogP contribution in [0, 0.1) is 11.6 Å². The van der Waals surface area contributed by atoms with Crippen LogP contribution in [0.25, 0.3) is 11.0 Å².